The van der Waals surface area contributed by atoms with Gasteiger partial charge in [0.15, 0.2) is 5.82 Å². The van der Waals surface area contributed by atoms with Crippen molar-refractivity contribution >= 4 is 16.9 Å². The number of esters is 1. The first-order valence-corrected chi connectivity index (χ1v) is 12.3. The van der Waals surface area contributed by atoms with Crippen LogP contribution in [0.1, 0.15) is 48.8 Å². The molecule has 0 unspecified atom stereocenters. The highest BCUT2D eigenvalue weighted by molar-refractivity contribution is 5.79. The van der Waals surface area contributed by atoms with Gasteiger partial charge in [0, 0.05) is 24.2 Å². The van der Waals surface area contributed by atoms with Crippen molar-refractivity contribution in [2.45, 2.75) is 52.9 Å². The number of aromatic amines is 1. The zero-order valence-corrected chi connectivity index (χ0v) is 21.6. The number of H-pyrrole nitrogens is 1. The number of rotatable bonds is 11. The van der Waals surface area contributed by atoms with Gasteiger partial charge in [0.05, 0.1) is 19.8 Å². The molecule has 0 saturated heterocycles. The number of tetrazole rings is 1. The predicted octanol–water partition coefficient (Wildman–Crippen LogP) is 3.55. The van der Waals surface area contributed by atoms with Crippen molar-refractivity contribution in [3.63, 3.8) is 0 Å². The number of aromatic nitrogens is 5. The Kier molecular flexibility index (Phi) is 8.29. The summed E-state index contributed by atoms with van der Waals surface area (Å²) in [6.07, 6.45) is 0.657. The highest BCUT2D eigenvalue weighted by Gasteiger charge is 2.27. The standard InChI is InChI=1S/C27H32N6O4/c1-5-24(26-29-30-31-33(26)17-25(34)37-6-2)32(15-19-8-10-22(36-4)11-9-19)16-21-14-20-13-18(3)7-12-23(20)28-27(21)35/h7-14,24H,5-6,15-17H2,1-4H3,(H,28,35)/t24-/m0/s1. The molecule has 0 spiro atoms. The number of pyridine rings is 1. The average molecular weight is 505 g/mol. The number of nitrogens with one attached hydrogen (secondary N) is 1. The largest absolute Gasteiger partial charge is 0.497 e. The summed E-state index contributed by atoms with van der Waals surface area (Å²) >= 11 is 0. The Morgan fingerprint density at radius 2 is 1.89 bits per heavy atom. The molecular formula is C27H32N6O4. The van der Waals surface area contributed by atoms with Gasteiger partial charge in [-0.1, -0.05) is 30.7 Å². The third-order valence-electron chi connectivity index (χ3n) is 6.26. The molecular weight excluding hydrogens is 472 g/mol. The van der Waals surface area contributed by atoms with Crippen molar-refractivity contribution in [1.82, 2.24) is 30.1 Å². The molecule has 0 fully saturated rings. The molecule has 2 heterocycles. The Labute approximate surface area is 215 Å². The van der Waals surface area contributed by atoms with Crippen LogP contribution in [0.4, 0.5) is 0 Å². The maximum absolute atomic E-state index is 13.1. The van der Waals surface area contributed by atoms with Gasteiger partial charge in [0.25, 0.3) is 5.56 Å². The molecule has 0 saturated carbocycles. The number of fused-ring (bicyclic) bond motifs is 1. The third kappa shape index (κ3) is 6.21. The van der Waals surface area contributed by atoms with E-state index in [0.717, 1.165) is 27.8 Å². The van der Waals surface area contributed by atoms with Crippen LogP contribution in [0.25, 0.3) is 10.9 Å². The van der Waals surface area contributed by atoms with Crippen LogP contribution in [-0.4, -0.2) is 49.8 Å². The van der Waals surface area contributed by atoms with E-state index in [9.17, 15) is 9.59 Å². The topological polar surface area (TPSA) is 115 Å². The molecule has 0 amide bonds. The molecule has 1 N–H and O–H groups in total. The Bertz CT molecular complexity index is 1410. The number of aryl methyl sites for hydroxylation is 1. The summed E-state index contributed by atoms with van der Waals surface area (Å²) in [5.74, 6) is 0.896. The van der Waals surface area contributed by atoms with Gasteiger partial charge in [-0.15, -0.1) is 5.10 Å². The van der Waals surface area contributed by atoms with E-state index in [2.05, 4.69) is 31.5 Å². The van der Waals surface area contributed by atoms with Crippen molar-refractivity contribution in [2.24, 2.45) is 0 Å². The fourth-order valence-electron chi connectivity index (χ4n) is 4.45. The van der Waals surface area contributed by atoms with Gasteiger partial charge in [-0.25, -0.2) is 4.68 Å². The molecule has 10 heteroatoms. The van der Waals surface area contributed by atoms with Gasteiger partial charge in [-0.2, -0.15) is 0 Å². The summed E-state index contributed by atoms with van der Waals surface area (Å²) < 4.78 is 11.9. The Balaban J connectivity index is 1.72. The number of ether oxygens (including phenoxy) is 2. The van der Waals surface area contributed by atoms with E-state index >= 15 is 0 Å². The number of carbonyl (C=O) groups is 1. The monoisotopic (exact) mass is 504 g/mol. The molecule has 2 aromatic heterocycles. The maximum Gasteiger partial charge on any atom is 0.327 e. The minimum Gasteiger partial charge on any atom is -0.497 e. The lowest BCUT2D eigenvalue weighted by atomic mass is 10.1. The summed E-state index contributed by atoms with van der Waals surface area (Å²) in [6.45, 7) is 6.89. The van der Waals surface area contributed by atoms with E-state index in [1.54, 1.807) is 14.0 Å². The smallest absolute Gasteiger partial charge is 0.327 e. The first kappa shape index (κ1) is 26.0. The summed E-state index contributed by atoms with van der Waals surface area (Å²) in [5.41, 5.74) is 3.44. The molecule has 0 aliphatic heterocycles. The van der Waals surface area contributed by atoms with Gasteiger partial charge in [-0.3, -0.25) is 14.5 Å². The number of carbonyl (C=O) groups excluding carboxylic acids is 1. The molecule has 1 atom stereocenters. The maximum atomic E-state index is 13.1. The third-order valence-corrected chi connectivity index (χ3v) is 6.26. The van der Waals surface area contributed by atoms with E-state index in [-0.39, 0.29) is 24.8 Å². The van der Waals surface area contributed by atoms with Crippen molar-refractivity contribution in [3.8, 4) is 5.75 Å². The minimum atomic E-state index is -0.408. The van der Waals surface area contributed by atoms with E-state index in [4.69, 9.17) is 9.47 Å². The lowest BCUT2D eigenvalue weighted by Gasteiger charge is -2.30. The predicted molar refractivity (Wildman–Crippen MR) is 139 cm³/mol. The molecule has 4 aromatic rings. The minimum absolute atomic E-state index is 0.0844. The summed E-state index contributed by atoms with van der Waals surface area (Å²) in [4.78, 5) is 30.4. The van der Waals surface area contributed by atoms with Crippen LogP contribution in [0, 0.1) is 6.92 Å². The SMILES string of the molecule is CCOC(=O)Cn1nnnc1[C@H](CC)N(Cc1ccc(OC)cc1)Cc1cc2cc(C)ccc2[nH]c1=O. The molecule has 4 rings (SSSR count). The van der Waals surface area contributed by atoms with E-state index in [0.29, 0.717) is 30.9 Å². The Morgan fingerprint density at radius 3 is 2.59 bits per heavy atom. The van der Waals surface area contributed by atoms with Crippen molar-refractivity contribution < 1.29 is 14.3 Å². The van der Waals surface area contributed by atoms with Crippen LogP contribution in [0.3, 0.4) is 0 Å². The fraction of sp³-hybridized carbons (Fsp3) is 0.370. The van der Waals surface area contributed by atoms with E-state index < -0.39 is 5.97 Å². The van der Waals surface area contributed by atoms with Gasteiger partial charge in [-0.05, 0) is 72.0 Å². The lowest BCUT2D eigenvalue weighted by molar-refractivity contribution is -0.144. The Hall–Kier alpha value is -4.05. The van der Waals surface area contributed by atoms with Crippen LogP contribution in [0.5, 0.6) is 5.75 Å². The normalized spacial score (nSPS) is 12.1. The Morgan fingerprint density at radius 1 is 1.11 bits per heavy atom. The summed E-state index contributed by atoms with van der Waals surface area (Å²) in [7, 11) is 1.63. The number of methoxy groups -OCH3 is 1. The van der Waals surface area contributed by atoms with Crippen molar-refractivity contribution in [2.75, 3.05) is 13.7 Å². The molecule has 194 valence electrons. The summed E-state index contributed by atoms with van der Waals surface area (Å²) in [6, 6.07) is 15.4. The number of hydrogen-bond acceptors (Lipinski definition) is 8. The van der Waals surface area contributed by atoms with Gasteiger partial charge in [0.2, 0.25) is 0 Å². The van der Waals surface area contributed by atoms with Gasteiger partial charge >= 0.3 is 5.97 Å². The first-order chi connectivity index (χ1) is 17.9. The van der Waals surface area contributed by atoms with Gasteiger partial charge in [0.1, 0.15) is 12.3 Å². The molecule has 0 bridgehead atoms. The number of nitrogens with zero attached hydrogens (tertiary/aromatic N) is 5. The molecule has 0 radical (unpaired) electrons. The van der Waals surface area contributed by atoms with Crippen molar-refractivity contribution in [1.29, 1.82) is 0 Å². The second kappa shape index (κ2) is 11.8. The molecule has 0 aliphatic rings. The van der Waals surface area contributed by atoms with Gasteiger partial charge < -0.3 is 14.5 Å². The lowest BCUT2D eigenvalue weighted by Crippen LogP contribution is -2.33. The second-order valence-electron chi connectivity index (χ2n) is 8.89. The first-order valence-electron chi connectivity index (χ1n) is 12.3. The zero-order chi connectivity index (χ0) is 26.4. The quantitative estimate of drug-likeness (QED) is 0.308. The number of hydrogen-bond donors (Lipinski definition) is 1. The second-order valence-corrected chi connectivity index (χ2v) is 8.89. The molecule has 0 aliphatic carbocycles. The number of benzene rings is 2. The highest BCUT2D eigenvalue weighted by Crippen LogP contribution is 2.27. The molecule has 2 aromatic carbocycles. The van der Waals surface area contributed by atoms with E-state index in [1.807, 2.05) is 56.3 Å². The van der Waals surface area contributed by atoms with Crippen LogP contribution in [0.2, 0.25) is 0 Å². The van der Waals surface area contributed by atoms with Crippen LogP contribution < -0.4 is 10.3 Å². The average Bonchev–Trinajstić information content (AvgIpc) is 3.33. The molecule has 10 nitrogen and oxygen atoms in total. The van der Waals surface area contributed by atoms with Crippen molar-refractivity contribution in [3.05, 3.63) is 81.4 Å². The fourth-order valence-corrected chi connectivity index (χ4v) is 4.45. The molecule has 37 heavy (non-hydrogen) atoms. The van der Waals surface area contributed by atoms with Crippen LogP contribution in [-0.2, 0) is 29.2 Å². The summed E-state index contributed by atoms with van der Waals surface area (Å²) in [5, 5.41) is 13.1. The van der Waals surface area contributed by atoms with E-state index in [1.165, 1.54) is 4.68 Å². The highest BCUT2D eigenvalue weighted by atomic mass is 16.5. The van der Waals surface area contributed by atoms with Crippen LogP contribution >= 0.6 is 0 Å². The van der Waals surface area contributed by atoms with Crippen LogP contribution in [0.15, 0.2) is 53.3 Å². The zero-order valence-electron chi connectivity index (χ0n) is 21.6.